The average Bonchev–Trinajstić information content (AvgIpc) is 2.90. The van der Waals surface area contributed by atoms with Crippen molar-refractivity contribution < 1.29 is 14.3 Å². The van der Waals surface area contributed by atoms with Crippen molar-refractivity contribution in [1.82, 2.24) is 5.32 Å². The zero-order chi connectivity index (χ0) is 14.7. The van der Waals surface area contributed by atoms with Gasteiger partial charge in [0, 0.05) is 19.0 Å². The number of ether oxygens (including phenoxy) is 2. The van der Waals surface area contributed by atoms with Gasteiger partial charge < -0.3 is 20.5 Å². The van der Waals surface area contributed by atoms with E-state index in [-0.39, 0.29) is 11.9 Å². The number of carbonyl (C=O) groups excluding carboxylic acids is 1. The van der Waals surface area contributed by atoms with E-state index in [1.807, 2.05) is 18.2 Å². The van der Waals surface area contributed by atoms with Crippen LogP contribution in [-0.4, -0.2) is 25.2 Å². The lowest BCUT2D eigenvalue weighted by Crippen LogP contribution is -2.31. The summed E-state index contributed by atoms with van der Waals surface area (Å²) < 4.78 is 11.0. The Bertz CT molecular complexity index is 518. The van der Waals surface area contributed by atoms with Gasteiger partial charge in [-0.25, -0.2) is 0 Å². The highest BCUT2D eigenvalue weighted by atomic mass is 16.6. The lowest BCUT2D eigenvalue weighted by molar-refractivity contribution is -0.122. The molecule has 0 aromatic heterocycles. The van der Waals surface area contributed by atoms with Crippen LogP contribution < -0.4 is 20.5 Å². The summed E-state index contributed by atoms with van der Waals surface area (Å²) in [6.45, 7) is 1.67. The van der Waals surface area contributed by atoms with Gasteiger partial charge in [-0.2, -0.15) is 0 Å². The lowest BCUT2D eigenvalue weighted by atomic mass is 10.00. The monoisotopic (exact) mass is 290 g/mol. The van der Waals surface area contributed by atoms with E-state index in [1.165, 1.54) is 0 Å². The molecule has 114 valence electrons. The van der Waals surface area contributed by atoms with Gasteiger partial charge in [0.15, 0.2) is 11.5 Å². The van der Waals surface area contributed by atoms with Gasteiger partial charge in [-0.3, -0.25) is 4.79 Å². The van der Waals surface area contributed by atoms with Crippen molar-refractivity contribution in [2.45, 2.75) is 38.3 Å². The topological polar surface area (TPSA) is 73.6 Å². The number of carbonyl (C=O) groups is 1. The molecule has 0 radical (unpaired) electrons. The van der Waals surface area contributed by atoms with E-state index in [0.717, 1.165) is 36.3 Å². The molecular weight excluding hydrogens is 268 g/mol. The van der Waals surface area contributed by atoms with Crippen molar-refractivity contribution >= 4 is 5.91 Å². The Hall–Kier alpha value is -1.75. The maximum atomic E-state index is 12.0. The number of nitrogens with two attached hydrogens (primary N) is 1. The first-order valence-electron chi connectivity index (χ1n) is 7.63. The Morgan fingerprint density at radius 3 is 2.81 bits per heavy atom. The molecular formula is C16H22N2O3. The molecule has 3 rings (SSSR count). The van der Waals surface area contributed by atoms with Crippen LogP contribution in [-0.2, 0) is 11.3 Å². The Labute approximate surface area is 124 Å². The minimum Gasteiger partial charge on any atom is -0.486 e. The van der Waals surface area contributed by atoms with Crippen LogP contribution in [0, 0.1) is 5.92 Å². The summed E-state index contributed by atoms with van der Waals surface area (Å²) >= 11 is 0. The van der Waals surface area contributed by atoms with Crippen LogP contribution in [0.3, 0.4) is 0 Å². The van der Waals surface area contributed by atoms with E-state index in [0.29, 0.717) is 32.1 Å². The standard InChI is InChI=1S/C16H22N2O3/c17-13-3-1-2-12(13)9-16(19)18-10-11-4-5-14-15(8-11)21-7-6-20-14/h4-5,8,12-13H,1-3,6-7,9-10,17H2,(H,18,19)/t12-,13+/m0/s1. The van der Waals surface area contributed by atoms with Crippen molar-refractivity contribution in [3.63, 3.8) is 0 Å². The van der Waals surface area contributed by atoms with Crippen molar-refractivity contribution in [2.75, 3.05) is 13.2 Å². The summed E-state index contributed by atoms with van der Waals surface area (Å²) in [6, 6.07) is 5.96. The third kappa shape index (κ3) is 3.47. The highest BCUT2D eigenvalue weighted by Crippen LogP contribution is 2.31. The minimum absolute atomic E-state index is 0.0761. The molecule has 5 nitrogen and oxygen atoms in total. The van der Waals surface area contributed by atoms with E-state index in [1.54, 1.807) is 0 Å². The van der Waals surface area contributed by atoms with Crippen LogP contribution in [0.15, 0.2) is 18.2 Å². The fraction of sp³-hybridized carbons (Fsp3) is 0.562. The molecule has 2 atom stereocenters. The SMILES string of the molecule is N[C@@H]1CCC[C@H]1CC(=O)NCc1ccc2c(c1)OCCO2. The Kier molecular flexibility index (Phi) is 4.29. The third-order valence-electron chi connectivity index (χ3n) is 4.26. The average molecular weight is 290 g/mol. The van der Waals surface area contributed by atoms with Crippen LogP contribution in [0.25, 0.3) is 0 Å². The smallest absolute Gasteiger partial charge is 0.220 e. The molecule has 5 heteroatoms. The van der Waals surface area contributed by atoms with Crippen molar-refractivity contribution in [1.29, 1.82) is 0 Å². The van der Waals surface area contributed by atoms with E-state index < -0.39 is 0 Å². The molecule has 1 amide bonds. The number of benzene rings is 1. The second kappa shape index (κ2) is 6.35. The Morgan fingerprint density at radius 1 is 1.24 bits per heavy atom. The molecule has 1 aromatic rings. The first kappa shape index (κ1) is 14.2. The fourth-order valence-corrected chi connectivity index (χ4v) is 3.03. The lowest BCUT2D eigenvalue weighted by Gasteiger charge is -2.19. The number of hydrogen-bond donors (Lipinski definition) is 2. The van der Waals surface area contributed by atoms with E-state index in [9.17, 15) is 4.79 Å². The molecule has 3 N–H and O–H groups in total. The molecule has 1 aromatic carbocycles. The van der Waals surface area contributed by atoms with Crippen molar-refractivity contribution in [3.8, 4) is 11.5 Å². The maximum absolute atomic E-state index is 12.0. The molecule has 1 saturated carbocycles. The second-order valence-electron chi connectivity index (χ2n) is 5.81. The molecule has 0 saturated heterocycles. The number of amides is 1. The maximum Gasteiger partial charge on any atom is 0.220 e. The molecule has 2 aliphatic rings. The molecule has 1 heterocycles. The highest BCUT2D eigenvalue weighted by molar-refractivity contribution is 5.76. The van der Waals surface area contributed by atoms with Crippen LogP contribution in [0.2, 0.25) is 0 Å². The first-order chi connectivity index (χ1) is 10.2. The molecule has 1 fully saturated rings. The van der Waals surface area contributed by atoms with Crippen molar-refractivity contribution in [2.24, 2.45) is 11.7 Å². The Morgan fingerprint density at radius 2 is 2.05 bits per heavy atom. The third-order valence-corrected chi connectivity index (χ3v) is 4.26. The Balaban J connectivity index is 1.51. The van der Waals surface area contributed by atoms with E-state index >= 15 is 0 Å². The van der Waals surface area contributed by atoms with Gasteiger partial charge in [0.05, 0.1) is 0 Å². The van der Waals surface area contributed by atoms with E-state index in [4.69, 9.17) is 15.2 Å². The zero-order valence-electron chi connectivity index (χ0n) is 12.1. The summed E-state index contributed by atoms with van der Waals surface area (Å²) in [4.78, 5) is 12.0. The van der Waals surface area contributed by atoms with Gasteiger partial charge in [-0.1, -0.05) is 12.5 Å². The van der Waals surface area contributed by atoms with Crippen LogP contribution in [0.1, 0.15) is 31.2 Å². The molecule has 1 aliphatic heterocycles. The fourth-order valence-electron chi connectivity index (χ4n) is 3.03. The van der Waals surface area contributed by atoms with Crippen LogP contribution in [0.4, 0.5) is 0 Å². The predicted molar refractivity (Wildman–Crippen MR) is 79.2 cm³/mol. The first-order valence-corrected chi connectivity index (χ1v) is 7.63. The van der Waals surface area contributed by atoms with Gasteiger partial charge in [-0.05, 0) is 36.5 Å². The second-order valence-corrected chi connectivity index (χ2v) is 5.81. The summed E-state index contributed by atoms with van der Waals surface area (Å²) in [5.74, 6) is 1.94. The molecule has 21 heavy (non-hydrogen) atoms. The van der Waals surface area contributed by atoms with Gasteiger partial charge >= 0.3 is 0 Å². The molecule has 0 spiro atoms. The summed E-state index contributed by atoms with van der Waals surface area (Å²) in [6.07, 6.45) is 3.78. The number of nitrogens with one attached hydrogen (secondary N) is 1. The summed E-state index contributed by atoms with van der Waals surface area (Å²) in [5, 5.41) is 2.96. The van der Waals surface area contributed by atoms with Gasteiger partial charge in [0.25, 0.3) is 0 Å². The highest BCUT2D eigenvalue weighted by Gasteiger charge is 2.25. The quantitative estimate of drug-likeness (QED) is 0.883. The van der Waals surface area contributed by atoms with Gasteiger partial charge in [0.1, 0.15) is 13.2 Å². The number of rotatable bonds is 4. The normalized spacial score (nSPS) is 23.9. The molecule has 0 bridgehead atoms. The summed E-state index contributed by atoms with van der Waals surface area (Å²) in [7, 11) is 0. The van der Waals surface area contributed by atoms with Gasteiger partial charge in [0.2, 0.25) is 5.91 Å². The van der Waals surface area contributed by atoms with Crippen molar-refractivity contribution in [3.05, 3.63) is 23.8 Å². The molecule has 0 unspecified atom stereocenters. The van der Waals surface area contributed by atoms with Crippen LogP contribution >= 0.6 is 0 Å². The summed E-state index contributed by atoms with van der Waals surface area (Å²) in [5.41, 5.74) is 7.02. The minimum atomic E-state index is 0.0761. The van der Waals surface area contributed by atoms with Crippen LogP contribution in [0.5, 0.6) is 11.5 Å². The van der Waals surface area contributed by atoms with Gasteiger partial charge in [-0.15, -0.1) is 0 Å². The van der Waals surface area contributed by atoms with E-state index in [2.05, 4.69) is 5.32 Å². The predicted octanol–water partition coefficient (Wildman–Crippen LogP) is 1.59. The number of hydrogen-bond acceptors (Lipinski definition) is 4. The number of fused-ring (bicyclic) bond motifs is 1. The largest absolute Gasteiger partial charge is 0.486 e. The molecule has 1 aliphatic carbocycles. The zero-order valence-corrected chi connectivity index (χ0v) is 12.1.